The topological polar surface area (TPSA) is 90.1 Å². The van der Waals surface area contributed by atoms with Gasteiger partial charge in [-0.1, -0.05) is 39.8 Å². The van der Waals surface area contributed by atoms with Gasteiger partial charge >= 0.3 is 6.18 Å². The normalized spacial score (nSPS) is 14.2. The predicted molar refractivity (Wildman–Crippen MR) is 99.0 cm³/mol. The van der Waals surface area contributed by atoms with Crippen LogP contribution in [0.25, 0.3) is 0 Å². The highest BCUT2D eigenvalue weighted by Gasteiger charge is 2.38. The number of nitrogens with zero attached hydrogens (tertiary/aromatic N) is 2. The van der Waals surface area contributed by atoms with Gasteiger partial charge in [0.25, 0.3) is 0 Å². The van der Waals surface area contributed by atoms with Gasteiger partial charge in [0.2, 0.25) is 9.84 Å². The summed E-state index contributed by atoms with van der Waals surface area (Å²) in [6, 6.07) is 3.00. The zero-order chi connectivity index (χ0) is 22.2. The zero-order valence-corrected chi connectivity index (χ0v) is 17.6. The van der Waals surface area contributed by atoms with E-state index in [9.17, 15) is 26.4 Å². The number of rotatable bonds is 6. The lowest BCUT2D eigenvalue weighted by atomic mass is 9.93. The molecular weight excluding hydrogens is 409 g/mol. The van der Waals surface area contributed by atoms with Gasteiger partial charge in [-0.3, -0.25) is 4.79 Å². The van der Waals surface area contributed by atoms with Crippen LogP contribution in [-0.4, -0.2) is 29.6 Å². The van der Waals surface area contributed by atoms with Crippen molar-refractivity contribution in [3.63, 3.8) is 0 Å². The predicted octanol–water partition coefficient (Wildman–Crippen LogP) is 4.00. The van der Waals surface area contributed by atoms with Crippen LogP contribution in [-0.2, 0) is 32.6 Å². The Kier molecular flexibility index (Phi) is 6.27. The fraction of sp³-hybridized carbons (Fsp3) is 0.526. The molecule has 2 heterocycles. The molecule has 29 heavy (non-hydrogen) atoms. The second-order valence-corrected chi connectivity index (χ2v) is 10.2. The number of ketones is 1. The third kappa shape index (κ3) is 5.23. The van der Waals surface area contributed by atoms with Crippen LogP contribution in [0.1, 0.15) is 51.6 Å². The van der Waals surface area contributed by atoms with Gasteiger partial charge in [-0.25, -0.2) is 13.4 Å². The van der Waals surface area contributed by atoms with Crippen LogP contribution in [0, 0.1) is 5.92 Å². The zero-order valence-electron chi connectivity index (χ0n) is 16.7. The molecule has 10 heteroatoms. The fourth-order valence-electron chi connectivity index (χ4n) is 2.78. The molecule has 0 fully saturated rings. The molecular formula is C19H23F3N2O4S. The van der Waals surface area contributed by atoms with Crippen molar-refractivity contribution >= 4 is 15.6 Å². The largest absolute Gasteiger partial charge is 0.417 e. The quantitative estimate of drug-likeness (QED) is 0.686. The maximum atomic E-state index is 12.9. The maximum absolute atomic E-state index is 12.9. The van der Waals surface area contributed by atoms with Crippen molar-refractivity contribution < 1.29 is 30.9 Å². The van der Waals surface area contributed by atoms with Gasteiger partial charge in [-0.05, 0) is 18.1 Å². The first-order chi connectivity index (χ1) is 13.1. The molecule has 2 aromatic rings. The number of hydrogen-bond acceptors (Lipinski definition) is 6. The van der Waals surface area contributed by atoms with E-state index in [1.807, 2.05) is 20.8 Å². The first-order valence-electron chi connectivity index (χ1n) is 8.90. The van der Waals surface area contributed by atoms with Gasteiger partial charge in [0, 0.05) is 17.7 Å². The maximum Gasteiger partial charge on any atom is 0.417 e. The van der Waals surface area contributed by atoms with E-state index in [4.69, 9.17) is 4.52 Å². The molecule has 0 bridgehead atoms. The van der Waals surface area contributed by atoms with Gasteiger partial charge in [0.15, 0.2) is 10.8 Å². The van der Waals surface area contributed by atoms with Gasteiger partial charge in [-0.2, -0.15) is 13.2 Å². The standard InChI is InChI=1S/C19H23F3N2O4S/c1-11(2)17(14(25)8-13-9-15(28-24-13)18(3,4)5)29(26,27)16-7-6-12(10-23-16)19(20,21)22/h6-7,9-11,17H,8H2,1-5H3. The summed E-state index contributed by atoms with van der Waals surface area (Å²) in [5.74, 6) is -0.699. The summed E-state index contributed by atoms with van der Waals surface area (Å²) in [4.78, 5) is 16.2. The van der Waals surface area contributed by atoms with Crippen LogP contribution in [0.2, 0.25) is 0 Å². The Morgan fingerprint density at radius 3 is 2.21 bits per heavy atom. The second-order valence-electron chi connectivity index (χ2n) is 8.17. The van der Waals surface area contributed by atoms with Crippen LogP contribution >= 0.6 is 0 Å². The SMILES string of the molecule is CC(C)C(C(=O)Cc1cc(C(C)(C)C)on1)S(=O)(=O)c1ccc(C(F)(F)F)cn1. The lowest BCUT2D eigenvalue weighted by Gasteiger charge is -2.19. The average Bonchev–Trinajstić information content (AvgIpc) is 3.02. The third-order valence-electron chi connectivity index (χ3n) is 4.27. The molecule has 0 saturated heterocycles. The molecule has 0 aliphatic rings. The van der Waals surface area contributed by atoms with Crippen LogP contribution in [0.3, 0.4) is 0 Å². The smallest absolute Gasteiger partial charge is 0.361 e. The molecule has 0 aliphatic carbocycles. The van der Waals surface area contributed by atoms with Crippen molar-refractivity contribution in [3.8, 4) is 0 Å². The highest BCUT2D eigenvalue weighted by atomic mass is 32.2. The number of pyridine rings is 1. The van der Waals surface area contributed by atoms with E-state index < -0.39 is 43.6 Å². The molecule has 0 amide bonds. The van der Waals surface area contributed by atoms with E-state index in [2.05, 4.69) is 10.1 Å². The summed E-state index contributed by atoms with van der Waals surface area (Å²) < 4.78 is 69.2. The van der Waals surface area contributed by atoms with E-state index in [-0.39, 0.29) is 11.8 Å². The van der Waals surface area contributed by atoms with Crippen molar-refractivity contribution in [2.75, 3.05) is 0 Å². The van der Waals surface area contributed by atoms with Crippen molar-refractivity contribution in [1.82, 2.24) is 10.1 Å². The Morgan fingerprint density at radius 2 is 1.79 bits per heavy atom. The molecule has 0 saturated carbocycles. The number of halogens is 3. The Bertz CT molecular complexity index is 972. The number of Topliss-reactive ketones (excluding diaryl/α,β-unsaturated/α-hetero) is 1. The van der Waals surface area contributed by atoms with E-state index >= 15 is 0 Å². The molecule has 0 aromatic carbocycles. The molecule has 0 radical (unpaired) electrons. The second kappa shape index (κ2) is 7.89. The summed E-state index contributed by atoms with van der Waals surface area (Å²) in [5.41, 5.74) is -1.11. The molecule has 0 aliphatic heterocycles. The molecule has 1 unspecified atom stereocenters. The number of carbonyl (C=O) groups is 1. The molecule has 0 N–H and O–H groups in total. The molecule has 160 valence electrons. The summed E-state index contributed by atoms with van der Waals surface area (Å²) >= 11 is 0. The summed E-state index contributed by atoms with van der Waals surface area (Å²) in [6.45, 7) is 8.80. The summed E-state index contributed by atoms with van der Waals surface area (Å²) in [7, 11) is -4.29. The lowest BCUT2D eigenvalue weighted by Crippen LogP contribution is -2.36. The highest BCUT2D eigenvalue weighted by Crippen LogP contribution is 2.30. The van der Waals surface area contributed by atoms with E-state index in [1.54, 1.807) is 19.9 Å². The first kappa shape index (κ1) is 23.1. The highest BCUT2D eigenvalue weighted by molar-refractivity contribution is 7.92. The Labute approximate surface area is 167 Å². The van der Waals surface area contributed by atoms with Crippen LogP contribution in [0.5, 0.6) is 0 Å². The van der Waals surface area contributed by atoms with Crippen LogP contribution in [0.15, 0.2) is 33.9 Å². The Balaban J connectivity index is 2.32. The van der Waals surface area contributed by atoms with Crippen LogP contribution in [0.4, 0.5) is 13.2 Å². The van der Waals surface area contributed by atoms with Crippen molar-refractivity contribution in [1.29, 1.82) is 0 Å². The number of aromatic nitrogens is 2. The Morgan fingerprint density at radius 1 is 1.17 bits per heavy atom. The van der Waals surface area contributed by atoms with Gasteiger partial charge < -0.3 is 4.52 Å². The summed E-state index contributed by atoms with van der Waals surface area (Å²) in [5, 5.41) is 1.78. The number of hydrogen-bond donors (Lipinski definition) is 0. The molecule has 2 rings (SSSR count). The van der Waals surface area contributed by atoms with Crippen molar-refractivity contribution in [3.05, 3.63) is 41.4 Å². The monoisotopic (exact) mass is 432 g/mol. The van der Waals surface area contributed by atoms with Gasteiger partial charge in [0.05, 0.1) is 17.7 Å². The number of sulfone groups is 1. The van der Waals surface area contributed by atoms with Gasteiger partial charge in [-0.15, -0.1) is 0 Å². The number of carbonyl (C=O) groups excluding carboxylic acids is 1. The minimum absolute atomic E-state index is 0.276. The molecule has 6 nitrogen and oxygen atoms in total. The van der Waals surface area contributed by atoms with E-state index in [0.29, 0.717) is 23.7 Å². The Hall–Kier alpha value is -2.23. The van der Waals surface area contributed by atoms with E-state index in [0.717, 1.165) is 6.07 Å². The molecule has 0 spiro atoms. The van der Waals surface area contributed by atoms with Crippen molar-refractivity contribution in [2.45, 2.75) is 62.9 Å². The average molecular weight is 432 g/mol. The molecule has 2 aromatic heterocycles. The van der Waals surface area contributed by atoms with E-state index in [1.165, 1.54) is 0 Å². The van der Waals surface area contributed by atoms with Gasteiger partial charge in [0.1, 0.15) is 11.0 Å². The fourth-order valence-corrected chi connectivity index (χ4v) is 4.64. The third-order valence-corrected chi connectivity index (χ3v) is 6.57. The first-order valence-corrected chi connectivity index (χ1v) is 10.4. The summed E-state index contributed by atoms with van der Waals surface area (Å²) in [6.07, 6.45) is -4.47. The molecule has 1 atom stereocenters. The van der Waals surface area contributed by atoms with Crippen LogP contribution < -0.4 is 0 Å². The minimum atomic E-state index is -4.64. The van der Waals surface area contributed by atoms with Crippen molar-refractivity contribution in [2.24, 2.45) is 5.92 Å². The number of alkyl halides is 3. The lowest BCUT2D eigenvalue weighted by molar-refractivity contribution is -0.137. The minimum Gasteiger partial charge on any atom is -0.361 e.